The Hall–Kier alpha value is -3.15. The molecule has 8 nitrogen and oxygen atoms in total. The van der Waals surface area contributed by atoms with E-state index in [1.807, 2.05) is 0 Å². The van der Waals surface area contributed by atoms with Gasteiger partial charge in [-0.2, -0.15) is 13.2 Å². The molecule has 2 aromatic carbocycles. The van der Waals surface area contributed by atoms with Crippen molar-refractivity contribution in [3.05, 3.63) is 80.7 Å². The summed E-state index contributed by atoms with van der Waals surface area (Å²) >= 11 is 12.1. The van der Waals surface area contributed by atoms with Gasteiger partial charge in [-0.3, -0.25) is 4.57 Å². The first-order chi connectivity index (χ1) is 16.2. The zero-order valence-corrected chi connectivity index (χ0v) is 18.9. The molecule has 0 bridgehead atoms. The predicted octanol–water partition coefficient (Wildman–Crippen LogP) is 4.09. The van der Waals surface area contributed by atoms with E-state index in [1.54, 1.807) is 48.5 Å². The number of aliphatic hydroxyl groups excluding tert-OH is 1. The van der Waals surface area contributed by atoms with Gasteiger partial charge in [-0.25, -0.2) is 19.1 Å². The summed E-state index contributed by atoms with van der Waals surface area (Å²) in [4.78, 5) is 17.2. The number of hydrogen-bond donors (Lipinski definition) is 1. The molecule has 0 saturated carbocycles. The molecule has 0 aliphatic rings. The van der Waals surface area contributed by atoms with Crippen LogP contribution in [0.5, 0.6) is 0 Å². The van der Waals surface area contributed by atoms with E-state index >= 15 is 0 Å². The first kappa shape index (κ1) is 24.0. The van der Waals surface area contributed by atoms with E-state index in [0.717, 1.165) is 9.25 Å². The monoisotopic (exact) mass is 512 g/mol. The lowest BCUT2D eigenvalue weighted by molar-refractivity contribution is -0.136. The van der Waals surface area contributed by atoms with E-state index in [9.17, 15) is 23.1 Å². The lowest BCUT2D eigenvalue weighted by Gasteiger charge is -2.08. The molecule has 0 aliphatic carbocycles. The van der Waals surface area contributed by atoms with Crippen molar-refractivity contribution in [2.75, 3.05) is 0 Å². The van der Waals surface area contributed by atoms with Gasteiger partial charge in [0, 0.05) is 17.1 Å². The van der Waals surface area contributed by atoms with Crippen LogP contribution in [-0.4, -0.2) is 40.4 Å². The Morgan fingerprint density at radius 3 is 2.35 bits per heavy atom. The van der Waals surface area contributed by atoms with Gasteiger partial charge in [0.15, 0.2) is 17.5 Å². The summed E-state index contributed by atoms with van der Waals surface area (Å²) in [6, 6.07) is 13.0. The lowest BCUT2D eigenvalue weighted by atomic mass is 10.2. The number of hydrogen-bond acceptors (Lipinski definition) is 5. The van der Waals surface area contributed by atoms with E-state index in [4.69, 9.17) is 23.2 Å². The summed E-state index contributed by atoms with van der Waals surface area (Å²) in [6.45, 7) is -1.30. The first-order valence-electron chi connectivity index (χ1n) is 9.97. The van der Waals surface area contributed by atoms with Crippen LogP contribution >= 0.6 is 23.2 Å². The molecule has 13 heteroatoms. The standard InChI is InChI=1S/C21H17Cl2F3N6O2/c22-14-7-5-13(6-8-14)19-29-31(20(34)30(19)10-9-21(24,25)26)11-17-27-18(12-33)32(28-17)16-4-2-1-3-15(16)23/h1-8,33H,9-12H2. The average molecular weight is 513 g/mol. The molecule has 0 fully saturated rings. The van der Waals surface area contributed by atoms with Gasteiger partial charge in [0.1, 0.15) is 13.2 Å². The highest BCUT2D eigenvalue weighted by molar-refractivity contribution is 6.32. The smallest absolute Gasteiger partial charge is 0.388 e. The van der Waals surface area contributed by atoms with Crippen LogP contribution in [0.15, 0.2) is 53.3 Å². The van der Waals surface area contributed by atoms with Crippen molar-refractivity contribution in [3.63, 3.8) is 0 Å². The Balaban J connectivity index is 1.73. The van der Waals surface area contributed by atoms with Gasteiger partial charge < -0.3 is 5.11 Å². The molecule has 1 N–H and O–H groups in total. The van der Waals surface area contributed by atoms with E-state index < -0.39 is 31.4 Å². The number of aromatic nitrogens is 6. The second-order valence-corrected chi connectivity index (χ2v) is 8.10. The molecule has 0 amide bonds. The molecule has 178 valence electrons. The molecule has 4 rings (SSSR count). The van der Waals surface area contributed by atoms with Gasteiger partial charge in [0.2, 0.25) is 0 Å². The van der Waals surface area contributed by atoms with Crippen LogP contribution in [0.2, 0.25) is 10.0 Å². The summed E-state index contributed by atoms with van der Waals surface area (Å²) in [5.41, 5.74) is 0.138. The SMILES string of the molecule is O=c1n(Cc2nc(CO)n(-c3ccccc3Cl)n2)nc(-c2ccc(Cl)cc2)n1CCC(F)(F)F. The van der Waals surface area contributed by atoms with E-state index in [2.05, 4.69) is 15.2 Å². The Morgan fingerprint density at radius 2 is 1.71 bits per heavy atom. The summed E-state index contributed by atoms with van der Waals surface area (Å²) in [5.74, 6) is 0.346. The van der Waals surface area contributed by atoms with Gasteiger partial charge in [0.05, 0.1) is 17.1 Å². The third-order valence-corrected chi connectivity index (χ3v) is 5.45. The molecular weight excluding hydrogens is 496 g/mol. The summed E-state index contributed by atoms with van der Waals surface area (Å²) in [7, 11) is 0. The number of aliphatic hydroxyl groups is 1. The fourth-order valence-electron chi connectivity index (χ4n) is 3.31. The van der Waals surface area contributed by atoms with Crippen molar-refractivity contribution >= 4 is 23.2 Å². The van der Waals surface area contributed by atoms with Crippen molar-refractivity contribution < 1.29 is 18.3 Å². The van der Waals surface area contributed by atoms with Gasteiger partial charge in [-0.1, -0.05) is 35.3 Å². The van der Waals surface area contributed by atoms with Crippen molar-refractivity contribution in [1.29, 1.82) is 0 Å². The second-order valence-electron chi connectivity index (χ2n) is 7.25. The molecule has 34 heavy (non-hydrogen) atoms. The van der Waals surface area contributed by atoms with Crippen molar-refractivity contribution in [2.45, 2.75) is 32.3 Å². The van der Waals surface area contributed by atoms with Crippen molar-refractivity contribution in [1.82, 2.24) is 29.1 Å². The fraction of sp³-hybridized carbons (Fsp3) is 0.238. The van der Waals surface area contributed by atoms with Crippen LogP contribution < -0.4 is 5.69 Å². The van der Waals surface area contributed by atoms with Crippen molar-refractivity contribution in [3.8, 4) is 17.1 Å². The highest BCUT2D eigenvalue weighted by Crippen LogP contribution is 2.24. The fourth-order valence-corrected chi connectivity index (χ4v) is 3.65. The van der Waals surface area contributed by atoms with Crippen LogP contribution in [0.4, 0.5) is 13.2 Å². The number of benzene rings is 2. The molecule has 0 radical (unpaired) electrons. The normalized spacial score (nSPS) is 11.8. The summed E-state index contributed by atoms with van der Waals surface area (Å²) in [5, 5.41) is 19.0. The minimum atomic E-state index is -4.45. The zero-order valence-electron chi connectivity index (χ0n) is 17.4. The van der Waals surface area contributed by atoms with E-state index in [1.165, 1.54) is 4.68 Å². The molecule has 0 atom stereocenters. The highest BCUT2D eigenvalue weighted by Gasteiger charge is 2.28. The quantitative estimate of drug-likeness (QED) is 0.402. The van der Waals surface area contributed by atoms with Gasteiger partial charge >= 0.3 is 11.9 Å². The van der Waals surface area contributed by atoms with Crippen LogP contribution in [0.3, 0.4) is 0 Å². The lowest BCUT2D eigenvalue weighted by Crippen LogP contribution is -2.27. The number of para-hydroxylation sites is 1. The van der Waals surface area contributed by atoms with Crippen molar-refractivity contribution in [2.24, 2.45) is 0 Å². The van der Waals surface area contributed by atoms with Crippen LogP contribution in [0.25, 0.3) is 17.1 Å². The third-order valence-electron chi connectivity index (χ3n) is 4.88. The minimum absolute atomic E-state index is 0.0545. The van der Waals surface area contributed by atoms with Crippen LogP contribution in [0, 0.1) is 0 Å². The van der Waals surface area contributed by atoms with E-state index in [-0.39, 0.29) is 24.0 Å². The molecule has 2 aromatic heterocycles. The number of alkyl halides is 3. The molecular formula is C21H17Cl2F3N6O2. The molecule has 0 aliphatic heterocycles. The third kappa shape index (κ3) is 5.16. The Morgan fingerprint density at radius 1 is 1.00 bits per heavy atom. The maximum atomic E-state index is 13.0. The summed E-state index contributed by atoms with van der Waals surface area (Å²) in [6.07, 6.45) is -5.66. The topological polar surface area (TPSA) is 90.8 Å². The minimum Gasteiger partial charge on any atom is -0.388 e. The summed E-state index contributed by atoms with van der Waals surface area (Å²) < 4.78 is 41.9. The van der Waals surface area contributed by atoms with Crippen LogP contribution in [-0.2, 0) is 19.7 Å². The van der Waals surface area contributed by atoms with Gasteiger partial charge in [0.25, 0.3) is 0 Å². The maximum Gasteiger partial charge on any atom is 0.390 e. The van der Waals surface area contributed by atoms with Gasteiger partial charge in [-0.05, 0) is 36.4 Å². The van der Waals surface area contributed by atoms with Gasteiger partial charge in [-0.15, -0.1) is 10.2 Å². The number of rotatable bonds is 7. The molecule has 0 spiro atoms. The Labute approximate surface area is 200 Å². The Kier molecular flexibility index (Phi) is 6.78. The zero-order chi connectivity index (χ0) is 24.5. The molecule has 2 heterocycles. The predicted molar refractivity (Wildman–Crippen MR) is 119 cm³/mol. The highest BCUT2D eigenvalue weighted by atomic mass is 35.5. The average Bonchev–Trinajstić information content (AvgIpc) is 3.33. The maximum absolute atomic E-state index is 13.0. The number of halogens is 5. The largest absolute Gasteiger partial charge is 0.390 e. The molecule has 4 aromatic rings. The van der Waals surface area contributed by atoms with E-state index in [0.29, 0.717) is 21.3 Å². The number of nitrogens with zero attached hydrogens (tertiary/aromatic N) is 6. The Bertz CT molecular complexity index is 1360. The molecule has 0 saturated heterocycles. The first-order valence-corrected chi connectivity index (χ1v) is 10.7. The molecule has 0 unspecified atom stereocenters. The van der Waals surface area contributed by atoms with Crippen LogP contribution in [0.1, 0.15) is 18.1 Å². The second kappa shape index (κ2) is 9.61.